The van der Waals surface area contributed by atoms with Gasteiger partial charge in [-0.25, -0.2) is 27.7 Å². The number of nitrogens with one attached hydrogen (secondary N) is 1. The number of H-pyrrole nitrogens is 1. The third-order valence-electron chi connectivity index (χ3n) is 4.32. The minimum atomic E-state index is -4.03. The second-order valence-electron chi connectivity index (χ2n) is 6.06. The second-order valence-corrected chi connectivity index (χ2v) is 7.62. The summed E-state index contributed by atoms with van der Waals surface area (Å²) in [6.07, 6.45) is 1.46. The Morgan fingerprint density at radius 3 is 2.75 bits per heavy atom. The van der Waals surface area contributed by atoms with Crippen LogP contribution in [0, 0.1) is 5.82 Å². The van der Waals surface area contributed by atoms with E-state index < -0.39 is 21.5 Å². The molecule has 3 aromatic heterocycles. The van der Waals surface area contributed by atoms with Crippen molar-refractivity contribution in [1.29, 1.82) is 0 Å². The number of aromatic nitrogens is 4. The highest BCUT2D eigenvalue weighted by atomic mass is 32.2. The lowest BCUT2D eigenvalue weighted by Gasteiger charge is -2.08. The van der Waals surface area contributed by atoms with Gasteiger partial charge in [0.25, 0.3) is 0 Å². The molecule has 1 aromatic carbocycles. The van der Waals surface area contributed by atoms with E-state index in [9.17, 15) is 17.6 Å². The topological polar surface area (TPSA) is 133 Å². The van der Waals surface area contributed by atoms with Crippen molar-refractivity contribution in [2.24, 2.45) is 5.14 Å². The Morgan fingerprint density at radius 2 is 2.07 bits per heavy atom. The van der Waals surface area contributed by atoms with Crippen LogP contribution in [0.4, 0.5) is 4.39 Å². The Bertz CT molecular complexity index is 1390. The van der Waals surface area contributed by atoms with Crippen molar-refractivity contribution >= 4 is 32.1 Å². The summed E-state index contributed by atoms with van der Waals surface area (Å²) in [6, 6.07) is 6.65. The number of aromatic amines is 1. The van der Waals surface area contributed by atoms with E-state index in [0.717, 1.165) is 6.07 Å². The normalized spacial score (nSPS) is 12.0. The molecule has 0 bridgehead atoms. The summed E-state index contributed by atoms with van der Waals surface area (Å²) < 4.78 is 43.6. The number of ether oxygens (including phenoxy) is 1. The number of nitrogens with two attached hydrogens (primary N) is 1. The number of pyridine rings is 2. The molecule has 11 heteroatoms. The first-order valence-electron chi connectivity index (χ1n) is 8.01. The predicted octanol–water partition coefficient (Wildman–Crippen LogP) is 1.12. The molecule has 3 N–H and O–H groups in total. The minimum absolute atomic E-state index is 0.124. The van der Waals surface area contributed by atoms with Crippen LogP contribution < -0.4 is 15.6 Å². The van der Waals surface area contributed by atoms with Crippen molar-refractivity contribution in [3.8, 4) is 5.88 Å². The van der Waals surface area contributed by atoms with E-state index in [0.29, 0.717) is 27.9 Å². The SMILES string of the molecule is COc1ccc2c(ncc3[nH]c(=O)n(Cc4ccc(S(N)(=O)=O)cc4F)c32)n1. The number of sulfonamides is 1. The molecule has 9 nitrogen and oxygen atoms in total. The smallest absolute Gasteiger partial charge is 0.326 e. The van der Waals surface area contributed by atoms with Crippen molar-refractivity contribution in [1.82, 2.24) is 19.5 Å². The van der Waals surface area contributed by atoms with Crippen molar-refractivity contribution in [2.45, 2.75) is 11.4 Å². The van der Waals surface area contributed by atoms with E-state index in [-0.39, 0.29) is 17.0 Å². The van der Waals surface area contributed by atoms with Gasteiger partial charge in [0.05, 0.1) is 35.8 Å². The largest absolute Gasteiger partial charge is 0.481 e. The fourth-order valence-corrected chi connectivity index (χ4v) is 3.51. The summed E-state index contributed by atoms with van der Waals surface area (Å²) in [5.41, 5.74) is 0.993. The van der Waals surface area contributed by atoms with Gasteiger partial charge in [-0.1, -0.05) is 6.07 Å². The molecule has 0 fully saturated rings. The summed E-state index contributed by atoms with van der Waals surface area (Å²) in [6.45, 7) is -0.124. The summed E-state index contributed by atoms with van der Waals surface area (Å²) >= 11 is 0. The number of halogens is 1. The molecule has 0 saturated carbocycles. The zero-order valence-corrected chi connectivity index (χ0v) is 15.3. The Hall–Kier alpha value is -3.31. The quantitative estimate of drug-likeness (QED) is 0.525. The molecule has 0 aliphatic carbocycles. The van der Waals surface area contributed by atoms with Crippen LogP contribution in [0.3, 0.4) is 0 Å². The molecule has 0 spiro atoms. The highest BCUT2D eigenvalue weighted by Gasteiger charge is 2.16. The van der Waals surface area contributed by atoms with Crippen LogP contribution in [-0.2, 0) is 16.6 Å². The van der Waals surface area contributed by atoms with Gasteiger partial charge >= 0.3 is 5.69 Å². The molecule has 4 aromatic rings. The molecule has 0 atom stereocenters. The molecule has 0 aliphatic heterocycles. The van der Waals surface area contributed by atoms with Crippen LogP contribution in [0.15, 0.2) is 46.2 Å². The highest BCUT2D eigenvalue weighted by Crippen LogP contribution is 2.24. The maximum absolute atomic E-state index is 14.4. The molecule has 0 amide bonds. The van der Waals surface area contributed by atoms with Crippen LogP contribution in [0.2, 0.25) is 0 Å². The minimum Gasteiger partial charge on any atom is -0.481 e. The molecular formula is C17H14FN5O4S. The first-order chi connectivity index (χ1) is 13.3. The zero-order chi connectivity index (χ0) is 20.1. The maximum Gasteiger partial charge on any atom is 0.326 e. The molecule has 0 saturated heterocycles. The number of nitrogens with zero attached hydrogens (tertiary/aromatic N) is 3. The average Bonchev–Trinajstić information content (AvgIpc) is 2.97. The van der Waals surface area contributed by atoms with Gasteiger partial charge in [-0.15, -0.1) is 0 Å². The number of hydrogen-bond acceptors (Lipinski definition) is 6. The van der Waals surface area contributed by atoms with Gasteiger partial charge in [-0.3, -0.25) is 4.57 Å². The summed E-state index contributed by atoms with van der Waals surface area (Å²) in [5.74, 6) is -0.417. The number of imidazole rings is 1. The van der Waals surface area contributed by atoms with Crippen molar-refractivity contribution < 1.29 is 17.5 Å². The van der Waals surface area contributed by atoms with Gasteiger partial charge in [-0.2, -0.15) is 4.98 Å². The lowest BCUT2D eigenvalue weighted by molar-refractivity contribution is 0.399. The number of methoxy groups -OCH3 is 1. The molecule has 3 heterocycles. The van der Waals surface area contributed by atoms with E-state index in [1.807, 2.05) is 0 Å². The van der Waals surface area contributed by atoms with Crippen LogP contribution in [0.5, 0.6) is 5.88 Å². The third kappa shape index (κ3) is 3.00. The van der Waals surface area contributed by atoms with Gasteiger partial charge < -0.3 is 9.72 Å². The van der Waals surface area contributed by atoms with Gasteiger partial charge in [0.1, 0.15) is 5.82 Å². The number of benzene rings is 1. The van der Waals surface area contributed by atoms with Gasteiger partial charge in [-0.05, 0) is 18.2 Å². The summed E-state index contributed by atoms with van der Waals surface area (Å²) in [7, 11) is -2.55. The van der Waals surface area contributed by atoms with Gasteiger partial charge in [0.2, 0.25) is 15.9 Å². The number of fused-ring (bicyclic) bond motifs is 3. The van der Waals surface area contributed by atoms with Crippen LogP contribution in [0.1, 0.15) is 5.56 Å². The summed E-state index contributed by atoms with van der Waals surface area (Å²) in [4.78, 5) is 23.2. The van der Waals surface area contributed by atoms with Gasteiger partial charge in [0.15, 0.2) is 5.65 Å². The highest BCUT2D eigenvalue weighted by molar-refractivity contribution is 7.89. The van der Waals surface area contributed by atoms with Crippen LogP contribution >= 0.6 is 0 Å². The molecule has 28 heavy (non-hydrogen) atoms. The molecule has 0 unspecified atom stereocenters. The molecule has 0 radical (unpaired) electrons. The lowest BCUT2D eigenvalue weighted by atomic mass is 10.2. The average molecular weight is 403 g/mol. The first-order valence-corrected chi connectivity index (χ1v) is 9.56. The second kappa shape index (κ2) is 6.39. The van der Waals surface area contributed by atoms with Crippen LogP contribution in [0.25, 0.3) is 22.1 Å². The Kier molecular flexibility index (Phi) is 4.12. The van der Waals surface area contributed by atoms with Crippen molar-refractivity contribution in [3.05, 3.63) is 58.4 Å². The van der Waals surface area contributed by atoms with Crippen molar-refractivity contribution in [2.75, 3.05) is 7.11 Å². The molecule has 4 rings (SSSR count). The number of rotatable bonds is 4. The van der Waals surface area contributed by atoms with E-state index in [2.05, 4.69) is 15.0 Å². The van der Waals surface area contributed by atoms with E-state index >= 15 is 0 Å². The predicted molar refractivity (Wildman–Crippen MR) is 99.1 cm³/mol. The Morgan fingerprint density at radius 1 is 1.29 bits per heavy atom. The lowest BCUT2D eigenvalue weighted by Crippen LogP contribution is -2.18. The van der Waals surface area contributed by atoms with Crippen molar-refractivity contribution in [3.63, 3.8) is 0 Å². The van der Waals surface area contributed by atoms with E-state index in [1.165, 1.54) is 30.0 Å². The summed E-state index contributed by atoms with van der Waals surface area (Å²) in [5, 5.41) is 5.60. The molecular weight excluding hydrogens is 389 g/mol. The number of hydrogen-bond donors (Lipinski definition) is 2. The first kappa shape index (κ1) is 18.1. The Labute approximate surface area is 157 Å². The monoisotopic (exact) mass is 403 g/mol. The van der Waals surface area contributed by atoms with E-state index in [4.69, 9.17) is 9.88 Å². The fraction of sp³-hybridized carbons (Fsp3) is 0.118. The Balaban J connectivity index is 1.88. The van der Waals surface area contributed by atoms with Gasteiger partial charge in [0, 0.05) is 17.0 Å². The standard InChI is InChI=1S/C17H14FN5O4S/c1-27-14-5-4-11-15-13(7-20-16(11)22-14)21-17(24)23(15)8-9-2-3-10(6-12(9)18)28(19,25)26/h2-7H,8H2,1H3,(H,21,24)(H2,19,25,26). The molecule has 144 valence electrons. The maximum atomic E-state index is 14.4. The third-order valence-corrected chi connectivity index (χ3v) is 5.23. The fourth-order valence-electron chi connectivity index (χ4n) is 2.98. The van der Waals surface area contributed by atoms with E-state index in [1.54, 1.807) is 12.1 Å². The van der Waals surface area contributed by atoms with Crippen LogP contribution in [-0.4, -0.2) is 35.0 Å². The molecule has 0 aliphatic rings. The zero-order valence-electron chi connectivity index (χ0n) is 14.5. The number of primary sulfonamides is 1.